The summed E-state index contributed by atoms with van der Waals surface area (Å²) in [5.74, 6) is -0.457. The van der Waals surface area contributed by atoms with Crippen LogP contribution in [0.15, 0.2) is 12.1 Å². The van der Waals surface area contributed by atoms with Crippen LogP contribution >= 0.6 is 12.4 Å². The van der Waals surface area contributed by atoms with Crippen molar-refractivity contribution < 1.29 is 13.9 Å². The van der Waals surface area contributed by atoms with Crippen LogP contribution in [0.4, 0.5) is 10.1 Å². The molecule has 1 saturated heterocycles. The van der Waals surface area contributed by atoms with E-state index in [1.807, 2.05) is 6.07 Å². The third-order valence-corrected chi connectivity index (χ3v) is 4.17. The van der Waals surface area contributed by atoms with Gasteiger partial charge in [-0.05, 0) is 49.4 Å². The number of carbonyl (C=O) groups excluding carboxylic acids is 1. The van der Waals surface area contributed by atoms with Gasteiger partial charge in [-0.25, -0.2) is 4.39 Å². The smallest absolute Gasteiger partial charge is 0.227 e. The van der Waals surface area contributed by atoms with Gasteiger partial charge in [0.1, 0.15) is 5.82 Å². The van der Waals surface area contributed by atoms with Gasteiger partial charge in [0.25, 0.3) is 0 Å². The molecule has 0 aliphatic carbocycles. The highest BCUT2D eigenvalue weighted by atomic mass is 35.5. The summed E-state index contributed by atoms with van der Waals surface area (Å²) in [5, 5.41) is 5.91. The Balaban J connectivity index is 0.00000176. The van der Waals surface area contributed by atoms with Gasteiger partial charge in [-0.1, -0.05) is 6.07 Å². The highest BCUT2D eigenvalue weighted by Gasteiger charge is 2.20. The highest BCUT2D eigenvalue weighted by Crippen LogP contribution is 2.25. The van der Waals surface area contributed by atoms with Gasteiger partial charge in [0.05, 0.1) is 18.2 Å². The van der Waals surface area contributed by atoms with E-state index in [-0.39, 0.29) is 35.9 Å². The number of hydrogen-bond acceptors (Lipinski definition) is 3. The molecule has 1 unspecified atom stereocenters. The second kappa shape index (κ2) is 7.90. The molecule has 1 atom stereocenters. The molecule has 2 aliphatic heterocycles. The van der Waals surface area contributed by atoms with Crippen molar-refractivity contribution in [1.82, 2.24) is 5.32 Å². The predicted molar refractivity (Wildman–Crippen MR) is 85.9 cm³/mol. The molecule has 2 aliphatic rings. The third kappa shape index (κ3) is 3.97. The van der Waals surface area contributed by atoms with Crippen LogP contribution in [-0.2, 0) is 22.5 Å². The zero-order valence-electron chi connectivity index (χ0n) is 12.5. The first-order chi connectivity index (χ1) is 10.2. The van der Waals surface area contributed by atoms with Crippen LogP contribution in [0.2, 0.25) is 0 Å². The minimum Gasteiger partial charge on any atom is -0.378 e. The van der Waals surface area contributed by atoms with Gasteiger partial charge in [-0.3, -0.25) is 4.79 Å². The zero-order chi connectivity index (χ0) is 14.7. The van der Waals surface area contributed by atoms with E-state index in [9.17, 15) is 9.18 Å². The average Bonchev–Trinajstić information content (AvgIpc) is 2.51. The summed E-state index contributed by atoms with van der Waals surface area (Å²) in [6.07, 6.45) is 4.01. The molecule has 22 heavy (non-hydrogen) atoms. The molecule has 122 valence electrons. The molecule has 0 spiro atoms. The minimum absolute atomic E-state index is 0. The predicted octanol–water partition coefficient (Wildman–Crippen LogP) is 2.79. The molecule has 6 heteroatoms. The summed E-state index contributed by atoms with van der Waals surface area (Å²) in [4.78, 5) is 12.0. The van der Waals surface area contributed by atoms with Crippen LogP contribution in [0.25, 0.3) is 0 Å². The van der Waals surface area contributed by atoms with Crippen LogP contribution in [0, 0.1) is 5.82 Å². The molecule has 2 N–H and O–H groups in total. The molecule has 2 heterocycles. The number of rotatable bonds is 3. The quantitative estimate of drug-likeness (QED) is 0.897. The fourth-order valence-electron chi connectivity index (χ4n) is 3.01. The lowest BCUT2D eigenvalue weighted by atomic mass is 9.99. The van der Waals surface area contributed by atoms with E-state index in [0.717, 1.165) is 43.5 Å². The number of hydrogen-bond donors (Lipinski definition) is 2. The maximum atomic E-state index is 14.4. The van der Waals surface area contributed by atoms with E-state index in [0.29, 0.717) is 19.4 Å². The topological polar surface area (TPSA) is 50.4 Å². The number of ether oxygens (including phenoxy) is 1. The summed E-state index contributed by atoms with van der Waals surface area (Å²) < 4.78 is 20.0. The molecule has 0 aromatic heterocycles. The fraction of sp³-hybridized carbons (Fsp3) is 0.562. The van der Waals surface area contributed by atoms with Gasteiger partial charge in [0, 0.05) is 13.2 Å². The van der Waals surface area contributed by atoms with Crippen molar-refractivity contribution >= 4 is 24.0 Å². The number of benzene rings is 1. The number of anilines is 1. The van der Waals surface area contributed by atoms with E-state index >= 15 is 0 Å². The number of fused-ring (bicyclic) bond motifs is 1. The van der Waals surface area contributed by atoms with Crippen molar-refractivity contribution in [3.8, 4) is 0 Å². The SMILES string of the molecule is Cl.O=C(CC1CCCCO1)Nc1ccc2c(c1F)CCNC2. The van der Waals surface area contributed by atoms with Crippen molar-refractivity contribution in [2.24, 2.45) is 0 Å². The number of nitrogens with one attached hydrogen (secondary N) is 2. The Morgan fingerprint density at radius 3 is 3.05 bits per heavy atom. The second-order valence-electron chi connectivity index (χ2n) is 5.73. The summed E-state index contributed by atoms with van der Waals surface area (Å²) in [6, 6.07) is 3.54. The first kappa shape index (κ1) is 17.2. The molecular weight excluding hydrogens is 307 g/mol. The first-order valence-electron chi connectivity index (χ1n) is 7.66. The van der Waals surface area contributed by atoms with Gasteiger partial charge in [-0.15, -0.1) is 12.4 Å². The van der Waals surface area contributed by atoms with Crippen LogP contribution in [-0.4, -0.2) is 25.2 Å². The Hall–Kier alpha value is -1.17. The Bertz CT molecular complexity index is 533. The van der Waals surface area contributed by atoms with Gasteiger partial charge in [0.15, 0.2) is 0 Å². The van der Waals surface area contributed by atoms with Crippen molar-refractivity contribution in [1.29, 1.82) is 0 Å². The summed E-state index contributed by atoms with van der Waals surface area (Å²) in [6.45, 7) is 2.19. The molecule has 4 nitrogen and oxygen atoms in total. The van der Waals surface area contributed by atoms with E-state index in [1.54, 1.807) is 6.07 Å². The Morgan fingerprint density at radius 1 is 1.41 bits per heavy atom. The molecular formula is C16H22ClFN2O2. The molecule has 0 bridgehead atoms. The van der Waals surface area contributed by atoms with Crippen molar-refractivity contribution in [3.63, 3.8) is 0 Å². The standard InChI is InChI=1S/C16H21FN2O2.ClH/c17-16-13-6-7-18-10-11(13)4-5-14(16)19-15(20)9-12-3-1-2-8-21-12;/h4-5,12,18H,1-3,6-10H2,(H,19,20);1H. The van der Waals surface area contributed by atoms with Gasteiger partial charge >= 0.3 is 0 Å². The molecule has 1 aromatic carbocycles. The summed E-state index contributed by atoms with van der Waals surface area (Å²) in [7, 11) is 0. The van der Waals surface area contributed by atoms with E-state index in [4.69, 9.17) is 4.74 Å². The Morgan fingerprint density at radius 2 is 2.27 bits per heavy atom. The van der Waals surface area contributed by atoms with Gasteiger partial charge in [-0.2, -0.15) is 0 Å². The second-order valence-corrected chi connectivity index (χ2v) is 5.73. The lowest BCUT2D eigenvalue weighted by Crippen LogP contribution is -2.27. The number of carbonyl (C=O) groups is 1. The molecule has 0 radical (unpaired) electrons. The number of amides is 1. The summed E-state index contributed by atoms with van der Waals surface area (Å²) in [5.41, 5.74) is 1.99. The molecule has 1 aromatic rings. The van der Waals surface area contributed by atoms with E-state index < -0.39 is 0 Å². The van der Waals surface area contributed by atoms with Crippen molar-refractivity contribution in [2.75, 3.05) is 18.5 Å². The monoisotopic (exact) mass is 328 g/mol. The molecule has 1 fully saturated rings. The van der Waals surface area contributed by atoms with Crippen molar-refractivity contribution in [2.45, 2.75) is 44.8 Å². The Labute approximate surface area is 136 Å². The highest BCUT2D eigenvalue weighted by molar-refractivity contribution is 5.91. The molecule has 3 rings (SSSR count). The van der Waals surface area contributed by atoms with Crippen LogP contribution < -0.4 is 10.6 Å². The zero-order valence-corrected chi connectivity index (χ0v) is 13.3. The van der Waals surface area contributed by atoms with Crippen LogP contribution in [0.1, 0.15) is 36.8 Å². The normalized spacial score (nSPS) is 20.7. The summed E-state index contributed by atoms with van der Waals surface area (Å²) >= 11 is 0. The maximum Gasteiger partial charge on any atom is 0.227 e. The average molecular weight is 329 g/mol. The third-order valence-electron chi connectivity index (χ3n) is 4.17. The molecule has 1 amide bonds. The van der Waals surface area contributed by atoms with Gasteiger partial charge in [0.2, 0.25) is 5.91 Å². The largest absolute Gasteiger partial charge is 0.378 e. The van der Waals surface area contributed by atoms with Crippen LogP contribution in [0.5, 0.6) is 0 Å². The lowest BCUT2D eigenvalue weighted by Gasteiger charge is -2.22. The minimum atomic E-state index is -0.285. The molecule has 0 saturated carbocycles. The fourth-order valence-corrected chi connectivity index (χ4v) is 3.01. The van der Waals surface area contributed by atoms with Gasteiger partial charge < -0.3 is 15.4 Å². The van der Waals surface area contributed by atoms with Crippen LogP contribution in [0.3, 0.4) is 0 Å². The Kier molecular flexibility index (Phi) is 6.17. The number of halogens is 2. The van der Waals surface area contributed by atoms with Crippen molar-refractivity contribution in [3.05, 3.63) is 29.1 Å². The lowest BCUT2D eigenvalue weighted by molar-refractivity contribution is -0.119. The van der Waals surface area contributed by atoms with E-state index in [2.05, 4.69) is 10.6 Å². The maximum absolute atomic E-state index is 14.4. The van der Waals surface area contributed by atoms with E-state index in [1.165, 1.54) is 0 Å². The first-order valence-corrected chi connectivity index (χ1v) is 7.66.